The summed E-state index contributed by atoms with van der Waals surface area (Å²) in [6, 6.07) is 7.35. The third-order valence-electron chi connectivity index (χ3n) is 2.44. The van der Waals surface area contributed by atoms with E-state index >= 15 is 0 Å². The third kappa shape index (κ3) is 6.97. The number of benzene rings is 1. The van der Waals surface area contributed by atoms with Crippen LogP contribution in [0.3, 0.4) is 0 Å². The summed E-state index contributed by atoms with van der Waals surface area (Å²) < 4.78 is 5.46. The molecule has 0 radical (unpaired) electrons. The van der Waals surface area contributed by atoms with Crippen LogP contribution in [-0.4, -0.2) is 24.4 Å². The molecule has 3 heteroatoms. The quantitative estimate of drug-likeness (QED) is 0.683. The smallest absolute Gasteiger partial charge is 0.115 e. The van der Waals surface area contributed by atoms with Gasteiger partial charge in [-0.05, 0) is 50.9 Å². The summed E-state index contributed by atoms with van der Waals surface area (Å²) in [4.78, 5) is 0. The lowest BCUT2D eigenvalue weighted by atomic mass is 10.2. The first-order valence-electron chi connectivity index (χ1n) is 6.28. The fraction of sp³-hybridized carbons (Fsp3) is 0.571. The van der Waals surface area contributed by atoms with Crippen LogP contribution >= 0.6 is 0 Å². The molecule has 0 bridgehead atoms. The van der Waals surface area contributed by atoms with E-state index in [0.29, 0.717) is 11.9 Å². The van der Waals surface area contributed by atoms with Gasteiger partial charge in [0.25, 0.3) is 0 Å². The molecular formula is C14H23NO2. The van der Waals surface area contributed by atoms with Crippen molar-refractivity contribution >= 4 is 0 Å². The Morgan fingerprint density at radius 2 is 2.12 bits per heavy atom. The van der Waals surface area contributed by atoms with Crippen molar-refractivity contribution in [3.8, 4) is 5.75 Å². The number of nitrogens with one attached hydrogen (secondary N) is 1. The standard InChI is InChI=1S/C14H23NO2/c1-12(2)17-9-4-3-8-15-11-13-6-5-7-14(16)10-13/h5-7,10,12,15-16H,3-4,8-9,11H2,1-2H3. The predicted octanol–water partition coefficient (Wildman–Crippen LogP) is 2.69. The van der Waals surface area contributed by atoms with Crippen molar-refractivity contribution in [3.63, 3.8) is 0 Å². The van der Waals surface area contributed by atoms with E-state index in [4.69, 9.17) is 4.74 Å². The van der Waals surface area contributed by atoms with Crippen LogP contribution in [0.1, 0.15) is 32.3 Å². The molecule has 0 heterocycles. The maximum Gasteiger partial charge on any atom is 0.115 e. The van der Waals surface area contributed by atoms with Gasteiger partial charge in [0.15, 0.2) is 0 Å². The summed E-state index contributed by atoms with van der Waals surface area (Å²) in [6.45, 7) is 6.74. The first kappa shape index (κ1) is 14.0. The number of phenols is 1. The molecule has 1 rings (SSSR count). The van der Waals surface area contributed by atoms with Gasteiger partial charge in [-0.1, -0.05) is 12.1 Å². The van der Waals surface area contributed by atoms with Crippen LogP contribution in [0.2, 0.25) is 0 Å². The van der Waals surface area contributed by atoms with Gasteiger partial charge in [0.1, 0.15) is 5.75 Å². The Kier molecular flexibility index (Phi) is 6.67. The molecule has 0 saturated carbocycles. The predicted molar refractivity (Wildman–Crippen MR) is 70.1 cm³/mol. The average Bonchev–Trinajstić information content (AvgIpc) is 2.27. The highest BCUT2D eigenvalue weighted by atomic mass is 16.5. The molecule has 2 N–H and O–H groups in total. The van der Waals surface area contributed by atoms with Crippen LogP contribution < -0.4 is 5.32 Å². The minimum absolute atomic E-state index is 0.328. The number of hydrogen-bond donors (Lipinski definition) is 2. The summed E-state index contributed by atoms with van der Waals surface area (Å²) >= 11 is 0. The molecule has 0 aliphatic heterocycles. The molecule has 0 aliphatic rings. The number of phenolic OH excluding ortho intramolecular Hbond substituents is 1. The molecule has 96 valence electrons. The Balaban J connectivity index is 2.01. The van der Waals surface area contributed by atoms with Gasteiger partial charge in [-0.15, -0.1) is 0 Å². The van der Waals surface area contributed by atoms with Gasteiger partial charge in [-0.2, -0.15) is 0 Å². The van der Waals surface area contributed by atoms with Gasteiger partial charge < -0.3 is 15.2 Å². The molecule has 0 atom stereocenters. The van der Waals surface area contributed by atoms with Crippen LogP contribution in [-0.2, 0) is 11.3 Å². The van der Waals surface area contributed by atoms with Crippen molar-refractivity contribution in [2.75, 3.05) is 13.2 Å². The van der Waals surface area contributed by atoms with Gasteiger partial charge in [-0.25, -0.2) is 0 Å². The van der Waals surface area contributed by atoms with Crippen LogP contribution in [0, 0.1) is 0 Å². The fourth-order valence-electron chi connectivity index (χ4n) is 1.57. The lowest BCUT2D eigenvalue weighted by Crippen LogP contribution is -2.15. The van der Waals surface area contributed by atoms with E-state index in [2.05, 4.69) is 19.2 Å². The highest BCUT2D eigenvalue weighted by Crippen LogP contribution is 2.10. The fourth-order valence-corrected chi connectivity index (χ4v) is 1.57. The van der Waals surface area contributed by atoms with Crippen LogP contribution in [0.25, 0.3) is 0 Å². The van der Waals surface area contributed by atoms with E-state index in [-0.39, 0.29) is 0 Å². The topological polar surface area (TPSA) is 41.5 Å². The van der Waals surface area contributed by atoms with E-state index in [1.54, 1.807) is 12.1 Å². The maximum atomic E-state index is 9.29. The molecule has 1 aromatic carbocycles. The van der Waals surface area contributed by atoms with E-state index < -0.39 is 0 Å². The zero-order valence-corrected chi connectivity index (χ0v) is 10.8. The molecule has 0 fully saturated rings. The summed E-state index contributed by atoms with van der Waals surface area (Å²) in [7, 11) is 0. The van der Waals surface area contributed by atoms with Gasteiger partial charge >= 0.3 is 0 Å². The zero-order chi connectivity index (χ0) is 12.5. The lowest BCUT2D eigenvalue weighted by molar-refractivity contribution is 0.0760. The van der Waals surface area contributed by atoms with E-state index in [1.807, 2.05) is 12.1 Å². The van der Waals surface area contributed by atoms with Crippen molar-refractivity contribution in [2.24, 2.45) is 0 Å². The van der Waals surface area contributed by atoms with Crippen molar-refractivity contribution in [2.45, 2.75) is 39.3 Å². The number of hydrogen-bond acceptors (Lipinski definition) is 3. The summed E-state index contributed by atoms with van der Waals surface area (Å²) in [5.74, 6) is 0.328. The van der Waals surface area contributed by atoms with E-state index in [1.165, 1.54) is 0 Å². The lowest BCUT2D eigenvalue weighted by Gasteiger charge is -2.08. The van der Waals surface area contributed by atoms with E-state index in [0.717, 1.165) is 38.1 Å². The van der Waals surface area contributed by atoms with E-state index in [9.17, 15) is 5.11 Å². The highest BCUT2D eigenvalue weighted by molar-refractivity contribution is 5.26. The van der Waals surface area contributed by atoms with Gasteiger partial charge in [0.2, 0.25) is 0 Å². The first-order valence-corrected chi connectivity index (χ1v) is 6.28. The van der Waals surface area contributed by atoms with Crippen molar-refractivity contribution in [1.29, 1.82) is 0 Å². The van der Waals surface area contributed by atoms with Crippen LogP contribution in [0.15, 0.2) is 24.3 Å². The van der Waals surface area contributed by atoms with Crippen molar-refractivity contribution in [1.82, 2.24) is 5.32 Å². The Bertz CT molecular complexity index is 313. The SMILES string of the molecule is CC(C)OCCCCNCc1cccc(O)c1. The average molecular weight is 237 g/mol. The third-order valence-corrected chi connectivity index (χ3v) is 2.44. The van der Waals surface area contributed by atoms with Gasteiger partial charge in [0.05, 0.1) is 6.10 Å². The van der Waals surface area contributed by atoms with Crippen molar-refractivity contribution in [3.05, 3.63) is 29.8 Å². The Morgan fingerprint density at radius 1 is 1.29 bits per heavy atom. The molecule has 0 spiro atoms. The maximum absolute atomic E-state index is 9.29. The van der Waals surface area contributed by atoms with Gasteiger partial charge in [-0.3, -0.25) is 0 Å². The molecule has 3 nitrogen and oxygen atoms in total. The number of unbranched alkanes of at least 4 members (excludes halogenated alkanes) is 1. The molecular weight excluding hydrogens is 214 g/mol. The first-order chi connectivity index (χ1) is 8.18. The molecule has 1 aromatic rings. The second-order valence-electron chi connectivity index (χ2n) is 4.47. The molecule has 0 saturated heterocycles. The van der Waals surface area contributed by atoms with Crippen molar-refractivity contribution < 1.29 is 9.84 Å². The van der Waals surface area contributed by atoms with Crippen LogP contribution in [0.5, 0.6) is 5.75 Å². The highest BCUT2D eigenvalue weighted by Gasteiger charge is 1.95. The number of aromatic hydroxyl groups is 1. The van der Waals surface area contributed by atoms with Crippen LogP contribution in [0.4, 0.5) is 0 Å². The molecule has 17 heavy (non-hydrogen) atoms. The minimum Gasteiger partial charge on any atom is -0.508 e. The Labute approximate surface area is 104 Å². The summed E-state index contributed by atoms with van der Waals surface area (Å²) in [5.41, 5.74) is 1.11. The summed E-state index contributed by atoms with van der Waals surface area (Å²) in [5, 5.41) is 12.6. The normalized spacial score (nSPS) is 11.0. The van der Waals surface area contributed by atoms with Gasteiger partial charge in [0, 0.05) is 13.2 Å². The Morgan fingerprint density at radius 3 is 2.82 bits per heavy atom. The largest absolute Gasteiger partial charge is 0.508 e. The molecule has 0 unspecified atom stereocenters. The summed E-state index contributed by atoms with van der Waals surface area (Å²) in [6.07, 6.45) is 2.53. The number of ether oxygens (including phenoxy) is 1. The monoisotopic (exact) mass is 237 g/mol. The molecule has 0 aromatic heterocycles. The Hall–Kier alpha value is -1.06. The zero-order valence-electron chi connectivity index (χ0n) is 10.8. The molecule has 0 aliphatic carbocycles. The number of rotatable bonds is 8. The molecule has 0 amide bonds. The second-order valence-corrected chi connectivity index (χ2v) is 4.47. The minimum atomic E-state index is 0.328. The second kappa shape index (κ2) is 8.09.